The van der Waals surface area contributed by atoms with Crippen LogP contribution in [-0.4, -0.2) is 19.9 Å². The summed E-state index contributed by atoms with van der Waals surface area (Å²) in [5, 5.41) is 0.764. The predicted molar refractivity (Wildman–Crippen MR) is 75.2 cm³/mol. The van der Waals surface area contributed by atoms with Gasteiger partial charge in [-0.05, 0) is 24.7 Å². The number of nitrogens with one attached hydrogen (secondary N) is 1. The molecular formula is C12H22N2O2S2. The summed E-state index contributed by atoms with van der Waals surface area (Å²) in [6, 6.07) is 0. The molecule has 0 aliphatic heterocycles. The first-order valence-corrected chi connectivity index (χ1v) is 8.46. The van der Waals surface area contributed by atoms with Gasteiger partial charge in [-0.15, -0.1) is 11.3 Å². The Balaban J connectivity index is 2.73. The fourth-order valence-corrected chi connectivity index (χ4v) is 4.21. The van der Waals surface area contributed by atoms with Crippen LogP contribution in [0.2, 0.25) is 0 Å². The van der Waals surface area contributed by atoms with Gasteiger partial charge in [-0.25, -0.2) is 18.1 Å². The summed E-state index contributed by atoms with van der Waals surface area (Å²) < 4.78 is 27.1. The minimum Gasteiger partial charge on any atom is -0.249 e. The Morgan fingerprint density at radius 1 is 1.28 bits per heavy atom. The Hall–Kier alpha value is -0.460. The first kappa shape index (κ1) is 15.6. The number of rotatable bonds is 6. The van der Waals surface area contributed by atoms with Gasteiger partial charge in [-0.3, -0.25) is 0 Å². The van der Waals surface area contributed by atoms with Crippen LogP contribution >= 0.6 is 11.3 Å². The second-order valence-electron chi connectivity index (χ2n) is 5.20. The highest BCUT2D eigenvalue weighted by Crippen LogP contribution is 2.22. The van der Waals surface area contributed by atoms with Crippen molar-refractivity contribution in [3.63, 3.8) is 0 Å². The normalized spacial score (nSPS) is 12.9. The number of aromatic nitrogens is 1. The lowest BCUT2D eigenvalue weighted by Gasteiger charge is -2.24. The molecule has 1 aromatic heterocycles. The molecule has 0 saturated heterocycles. The van der Waals surface area contributed by atoms with E-state index in [4.69, 9.17) is 0 Å². The van der Waals surface area contributed by atoms with Crippen LogP contribution in [0.15, 0.2) is 10.4 Å². The summed E-state index contributed by atoms with van der Waals surface area (Å²) in [7, 11) is -3.40. The SMILES string of the molecule is Cc1ncc(S(=O)(=O)NCC(C(C)C)C(C)C)s1. The third-order valence-electron chi connectivity index (χ3n) is 3.09. The first-order chi connectivity index (χ1) is 8.24. The molecule has 1 aromatic rings. The molecule has 104 valence electrons. The second kappa shape index (κ2) is 6.12. The molecule has 0 bridgehead atoms. The molecule has 1 N–H and O–H groups in total. The van der Waals surface area contributed by atoms with Gasteiger partial charge in [0.15, 0.2) is 4.21 Å². The van der Waals surface area contributed by atoms with E-state index in [1.165, 1.54) is 17.5 Å². The Kier molecular flexibility index (Phi) is 5.31. The predicted octanol–water partition coefficient (Wildman–Crippen LogP) is 2.66. The highest BCUT2D eigenvalue weighted by Gasteiger charge is 2.22. The number of sulfonamides is 1. The van der Waals surface area contributed by atoms with Gasteiger partial charge in [-0.2, -0.15) is 0 Å². The van der Waals surface area contributed by atoms with Crippen LogP contribution in [0.25, 0.3) is 0 Å². The third-order valence-corrected chi connectivity index (χ3v) is 5.88. The number of thiazole rings is 1. The summed E-state index contributed by atoms with van der Waals surface area (Å²) in [5.74, 6) is 1.25. The molecule has 4 nitrogen and oxygen atoms in total. The van der Waals surface area contributed by atoms with Crippen LogP contribution in [0, 0.1) is 24.7 Å². The maximum atomic E-state index is 12.1. The summed E-state index contributed by atoms with van der Waals surface area (Å²) in [6.45, 7) is 10.8. The molecule has 1 rings (SSSR count). The molecule has 0 radical (unpaired) electrons. The molecule has 0 aromatic carbocycles. The van der Waals surface area contributed by atoms with E-state index in [9.17, 15) is 8.42 Å². The summed E-state index contributed by atoms with van der Waals surface area (Å²) in [4.78, 5) is 3.98. The maximum Gasteiger partial charge on any atom is 0.251 e. The number of hydrogen-bond acceptors (Lipinski definition) is 4. The van der Waals surface area contributed by atoms with E-state index in [0.717, 1.165) is 5.01 Å². The van der Waals surface area contributed by atoms with Crippen LogP contribution in [-0.2, 0) is 10.0 Å². The lowest BCUT2D eigenvalue weighted by molar-refractivity contribution is 0.289. The Morgan fingerprint density at radius 2 is 1.83 bits per heavy atom. The summed E-state index contributed by atoms with van der Waals surface area (Å²) in [6.07, 6.45) is 1.42. The molecule has 18 heavy (non-hydrogen) atoms. The number of hydrogen-bond donors (Lipinski definition) is 1. The van der Waals surface area contributed by atoms with Crippen molar-refractivity contribution in [2.45, 2.75) is 38.8 Å². The maximum absolute atomic E-state index is 12.1. The molecule has 6 heteroatoms. The van der Waals surface area contributed by atoms with E-state index in [0.29, 0.717) is 28.5 Å². The van der Waals surface area contributed by atoms with Gasteiger partial charge >= 0.3 is 0 Å². The minimum absolute atomic E-state index is 0.297. The lowest BCUT2D eigenvalue weighted by atomic mass is 9.86. The van der Waals surface area contributed by atoms with Gasteiger partial charge in [-0.1, -0.05) is 27.7 Å². The second-order valence-corrected chi connectivity index (χ2v) is 8.43. The van der Waals surface area contributed by atoms with Crippen LogP contribution in [0.5, 0.6) is 0 Å². The highest BCUT2D eigenvalue weighted by molar-refractivity contribution is 7.91. The van der Waals surface area contributed by atoms with Crippen LogP contribution in [0.4, 0.5) is 0 Å². The van der Waals surface area contributed by atoms with Crippen molar-refractivity contribution >= 4 is 21.4 Å². The van der Waals surface area contributed by atoms with Crippen molar-refractivity contribution < 1.29 is 8.42 Å². The molecule has 0 saturated carbocycles. The zero-order valence-electron chi connectivity index (χ0n) is 11.6. The van der Waals surface area contributed by atoms with E-state index >= 15 is 0 Å². The Labute approximate surface area is 114 Å². The van der Waals surface area contributed by atoms with Crippen molar-refractivity contribution in [1.82, 2.24) is 9.71 Å². The number of aryl methyl sites for hydroxylation is 1. The topological polar surface area (TPSA) is 59.1 Å². The summed E-state index contributed by atoms with van der Waals surface area (Å²) in [5.41, 5.74) is 0. The van der Waals surface area contributed by atoms with E-state index in [1.807, 2.05) is 0 Å². The van der Waals surface area contributed by atoms with Crippen LogP contribution in [0.3, 0.4) is 0 Å². The van der Waals surface area contributed by atoms with E-state index in [1.54, 1.807) is 6.92 Å². The lowest BCUT2D eigenvalue weighted by Crippen LogP contribution is -2.33. The van der Waals surface area contributed by atoms with Crippen molar-refractivity contribution in [2.24, 2.45) is 17.8 Å². The van der Waals surface area contributed by atoms with Gasteiger partial charge in [0.2, 0.25) is 0 Å². The fraction of sp³-hybridized carbons (Fsp3) is 0.750. The van der Waals surface area contributed by atoms with E-state index in [-0.39, 0.29) is 0 Å². The van der Waals surface area contributed by atoms with Crippen molar-refractivity contribution in [2.75, 3.05) is 6.54 Å². The first-order valence-electron chi connectivity index (χ1n) is 6.16. The molecular weight excluding hydrogens is 268 g/mol. The fourth-order valence-electron chi connectivity index (χ4n) is 1.98. The van der Waals surface area contributed by atoms with Crippen molar-refractivity contribution in [3.05, 3.63) is 11.2 Å². The molecule has 0 aliphatic rings. The molecule has 0 amide bonds. The average molecular weight is 290 g/mol. The Morgan fingerprint density at radius 3 is 2.22 bits per heavy atom. The molecule has 0 fully saturated rings. The van der Waals surface area contributed by atoms with Gasteiger partial charge in [0.05, 0.1) is 11.2 Å². The van der Waals surface area contributed by atoms with Crippen molar-refractivity contribution in [1.29, 1.82) is 0 Å². The largest absolute Gasteiger partial charge is 0.251 e. The van der Waals surface area contributed by atoms with Crippen molar-refractivity contribution in [3.8, 4) is 0 Å². The van der Waals surface area contributed by atoms with Gasteiger partial charge in [0.1, 0.15) is 0 Å². The molecule has 0 aliphatic carbocycles. The van der Waals surface area contributed by atoms with Crippen LogP contribution < -0.4 is 4.72 Å². The Bertz CT molecular complexity index is 470. The molecule has 1 heterocycles. The average Bonchev–Trinajstić information content (AvgIpc) is 2.64. The quantitative estimate of drug-likeness (QED) is 0.876. The highest BCUT2D eigenvalue weighted by atomic mass is 32.2. The van der Waals surface area contributed by atoms with Gasteiger partial charge in [0, 0.05) is 6.54 Å². The molecule has 0 spiro atoms. The van der Waals surface area contributed by atoms with E-state index in [2.05, 4.69) is 37.4 Å². The zero-order valence-corrected chi connectivity index (χ0v) is 13.2. The summed E-state index contributed by atoms with van der Waals surface area (Å²) >= 11 is 1.20. The zero-order chi connectivity index (χ0) is 13.9. The van der Waals surface area contributed by atoms with Crippen LogP contribution in [0.1, 0.15) is 32.7 Å². The van der Waals surface area contributed by atoms with Gasteiger partial charge < -0.3 is 0 Å². The standard InChI is InChI=1S/C12H22N2O2S2/c1-8(2)11(9(3)4)6-14-18(15,16)12-7-13-10(5)17-12/h7-9,11,14H,6H2,1-5H3. The smallest absolute Gasteiger partial charge is 0.249 e. The third kappa shape index (κ3) is 4.03. The molecule has 0 atom stereocenters. The minimum atomic E-state index is -3.40. The molecule has 0 unspecified atom stereocenters. The van der Waals surface area contributed by atoms with Gasteiger partial charge in [0.25, 0.3) is 10.0 Å². The number of nitrogens with zero attached hydrogens (tertiary/aromatic N) is 1. The van der Waals surface area contributed by atoms with E-state index < -0.39 is 10.0 Å². The monoisotopic (exact) mass is 290 g/mol.